The van der Waals surface area contributed by atoms with Crippen LogP contribution in [0.3, 0.4) is 0 Å². The van der Waals surface area contributed by atoms with E-state index in [0.717, 1.165) is 29.3 Å². The van der Waals surface area contributed by atoms with E-state index in [1.165, 1.54) is 17.2 Å². The van der Waals surface area contributed by atoms with Crippen LogP contribution in [0, 0.1) is 11.7 Å². The molecule has 0 aliphatic heterocycles. The molecule has 0 radical (unpaired) electrons. The molecule has 21 heavy (non-hydrogen) atoms. The smallest absolute Gasteiger partial charge is 0.124 e. The fraction of sp³-hybridized carbons (Fsp3) is 0.333. The van der Waals surface area contributed by atoms with Crippen LogP contribution in [0.5, 0.6) is 0 Å². The Morgan fingerprint density at radius 1 is 1.24 bits per heavy atom. The van der Waals surface area contributed by atoms with Gasteiger partial charge in [0.15, 0.2) is 0 Å². The van der Waals surface area contributed by atoms with E-state index >= 15 is 0 Å². The lowest BCUT2D eigenvalue weighted by Gasteiger charge is -2.33. The first-order valence-corrected chi connectivity index (χ1v) is 8.16. The van der Waals surface area contributed by atoms with Crippen molar-refractivity contribution in [2.24, 2.45) is 5.92 Å². The van der Waals surface area contributed by atoms with Crippen molar-refractivity contribution in [1.82, 2.24) is 5.32 Å². The SMILES string of the molecule is CNC1c2ccccc2CCC1Cc1cc(F)cc(Br)c1. The van der Waals surface area contributed by atoms with Crippen molar-refractivity contribution in [2.75, 3.05) is 7.05 Å². The standard InChI is InChI=1S/C18H19BrFN/c1-21-18-14(7-6-13-4-2-3-5-17(13)18)8-12-9-15(19)11-16(20)10-12/h2-5,9-11,14,18,21H,6-8H2,1H3. The summed E-state index contributed by atoms with van der Waals surface area (Å²) >= 11 is 3.38. The Balaban J connectivity index is 1.86. The van der Waals surface area contributed by atoms with Gasteiger partial charge in [0.1, 0.15) is 5.82 Å². The van der Waals surface area contributed by atoms with E-state index in [0.29, 0.717) is 12.0 Å². The second kappa shape index (κ2) is 6.29. The zero-order valence-corrected chi connectivity index (χ0v) is 13.7. The number of aryl methyl sites for hydroxylation is 1. The van der Waals surface area contributed by atoms with Crippen molar-refractivity contribution in [3.05, 3.63) is 69.4 Å². The summed E-state index contributed by atoms with van der Waals surface area (Å²) in [6.45, 7) is 0. The molecule has 2 unspecified atom stereocenters. The van der Waals surface area contributed by atoms with Crippen molar-refractivity contribution >= 4 is 15.9 Å². The summed E-state index contributed by atoms with van der Waals surface area (Å²) in [5, 5.41) is 3.45. The summed E-state index contributed by atoms with van der Waals surface area (Å²) in [5.74, 6) is 0.329. The number of halogens is 2. The van der Waals surface area contributed by atoms with Gasteiger partial charge in [0.05, 0.1) is 0 Å². The summed E-state index contributed by atoms with van der Waals surface area (Å²) in [7, 11) is 2.02. The van der Waals surface area contributed by atoms with Gasteiger partial charge in [0.25, 0.3) is 0 Å². The molecule has 0 fully saturated rings. The largest absolute Gasteiger partial charge is 0.313 e. The fourth-order valence-electron chi connectivity index (χ4n) is 3.47. The molecule has 0 bridgehead atoms. The second-order valence-corrected chi connectivity index (χ2v) is 6.66. The Morgan fingerprint density at radius 3 is 2.81 bits per heavy atom. The highest BCUT2D eigenvalue weighted by Gasteiger charge is 2.28. The summed E-state index contributed by atoms with van der Waals surface area (Å²) in [6.07, 6.45) is 3.14. The molecule has 0 aromatic heterocycles. The van der Waals surface area contributed by atoms with E-state index < -0.39 is 0 Å². The lowest BCUT2D eigenvalue weighted by atomic mass is 9.77. The molecule has 0 spiro atoms. The highest BCUT2D eigenvalue weighted by molar-refractivity contribution is 9.10. The number of fused-ring (bicyclic) bond motifs is 1. The van der Waals surface area contributed by atoms with Crippen molar-refractivity contribution in [1.29, 1.82) is 0 Å². The average molecular weight is 348 g/mol. The van der Waals surface area contributed by atoms with Crippen molar-refractivity contribution in [3.63, 3.8) is 0 Å². The first-order chi connectivity index (χ1) is 10.2. The van der Waals surface area contributed by atoms with Crippen LogP contribution in [0.15, 0.2) is 46.9 Å². The van der Waals surface area contributed by atoms with Crippen molar-refractivity contribution in [3.8, 4) is 0 Å². The second-order valence-electron chi connectivity index (χ2n) is 5.75. The molecule has 2 atom stereocenters. The number of hydrogen-bond acceptors (Lipinski definition) is 1. The van der Waals surface area contributed by atoms with Gasteiger partial charge in [-0.2, -0.15) is 0 Å². The molecule has 3 rings (SSSR count). The molecule has 1 N–H and O–H groups in total. The number of hydrogen-bond donors (Lipinski definition) is 1. The Morgan fingerprint density at radius 2 is 2.05 bits per heavy atom. The average Bonchev–Trinajstić information content (AvgIpc) is 2.46. The molecule has 0 amide bonds. The lowest BCUT2D eigenvalue weighted by Crippen LogP contribution is -2.31. The van der Waals surface area contributed by atoms with Gasteiger partial charge in [-0.15, -0.1) is 0 Å². The molecule has 0 saturated carbocycles. The van der Waals surface area contributed by atoms with E-state index in [-0.39, 0.29) is 5.82 Å². The summed E-state index contributed by atoms with van der Waals surface area (Å²) < 4.78 is 14.4. The van der Waals surface area contributed by atoms with Crippen LogP contribution >= 0.6 is 15.9 Å². The third-order valence-electron chi connectivity index (χ3n) is 4.38. The van der Waals surface area contributed by atoms with Crippen LogP contribution in [0.1, 0.15) is 29.2 Å². The van der Waals surface area contributed by atoms with Crippen LogP contribution in [-0.4, -0.2) is 7.05 Å². The topological polar surface area (TPSA) is 12.0 Å². The van der Waals surface area contributed by atoms with Gasteiger partial charge in [-0.3, -0.25) is 0 Å². The zero-order valence-electron chi connectivity index (χ0n) is 12.1. The normalized spacial score (nSPS) is 21.1. The first-order valence-electron chi connectivity index (χ1n) is 7.37. The van der Waals surface area contributed by atoms with Gasteiger partial charge in [0.2, 0.25) is 0 Å². The molecular formula is C18H19BrFN. The molecule has 3 heteroatoms. The minimum Gasteiger partial charge on any atom is -0.313 e. The molecule has 0 saturated heterocycles. The van der Waals surface area contributed by atoms with E-state index in [2.05, 4.69) is 45.5 Å². The summed E-state index contributed by atoms with van der Waals surface area (Å²) in [5.41, 5.74) is 3.90. The highest BCUT2D eigenvalue weighted by Crippen LogP contribution is 2.36. The van der Waals surface area contributed by atoms with Crippen molar-refractivity contribution in [2.45, 2.75) is 25.3 Å². The third kappa shape index (κ3) is 3.19. The molecule has 1 aliphatic rings. The van der Waals surface area contributed by atoms with Gasteiger partial charge in [0, 0.05) is 10.5 Å². The summed E-state index contributed by atoms with van der Waals surface area (Å²) in [6, 6.07) is 14.2. The van der Waals surface area contributed by atoms with E-state index in [1.807, 2.05) is 13.1 Å². The molecule has 2 aromatic rings. The van der Waals surface area contributed by atoms with Gasteiger partial charge >= 0.3 is 0 Å². The maximum absolute atomic E-state index is 13.6. The zero-order chi connectivity index (χ0) is 14.8. The maximum Gasteiger partial charge on any atom is 0.124 e. The van der Waals surface area contributed by atoms with Crippen LogP contribution in [0.25, 0.3) is 0 Å². The molecule has 110 valence electrons. The third-order valence-corrected chi connectivity index (χ3v) is 4.84. The molecule has 0 heterocycles. The molecule has 1 nitrogen and oxygen atoms in total. The minimum atomic E-state index is -0.170. The van der Waals surface area contributed by atoms with Crippen LogP contribution < -0.4 is 5.32 Å². The maximum atomic E-state index is 13.6. The fourth-order valence-corrected chi connectivity index (χ4v) is 3.98. The monoisotopic (exact) mass is 347 g/mol. The molecule has 2 aromatic carbocycles. The lowest BCUT2D eigenvalue weighted by molar-refractivity contribution is 0.334. The van der Waals surface area contributed by atoms with Crippen LogP contribution in [0.2, 0.25) is 0 Å². The van der Waals surface area contributed by atoms with E-state index in [4.69, 9.17) is 0 Å². The predicted molar refractivity (Wildman–Crippen MR) is 87.9 cm³/mol. The van der Waals surface area contributed by atoms with Crippen molar-refractivity contribution < 1.29 is 4.39 Å². The van der Waals surface area contributed by atoms with Gasteiger partial charge in [-0.1, -0.05) is 40.2 Å². The number of benzene rings is 2. The first kappa shape index (κ1) is 14.7. The Bertz CT molecular complexity index is 621. The number of nitrogens with one attached hydrogen (secondary N) is 1. The number of rotatable bonds is 3. The van der Waals surface area contributed by atoms with E-state index in [1.54, 1.807) is 6.07 Å². The Labute approximate surface area is 133 Å². The predicted octanol–water partition coefficient (Wildman–Crippen LogP) is 4.65. The Kier molecular flexibility index (Phi) is 4.41. The quantitative estimate of drug-likeness (QED) is 0.851. The summed E-state index contributed by atoms with van der Waals surface area (Å²) in [4.78, 5) is 0. The highest BCUT2D eigenvalue weighted by atomic mass is 79.9. The Hall–Kier alpha value is -1.19. The van der Waals surface area contributed by atoms with Gasteiger partial charge < -0.3 is 5.32 Å². The minimum absolute atomic E-state index is 0.170. The van der Waals surface area contributed by atoms with Gasteiger partial charge in [-0.25, -0.2) is 4.39 Å². The van der Waals surface area contributed by atoms with Gasteiger partial charge in [-0.05, 0) is 67.1 Å². The molecular weight excluding hydrogens is 329 g/mol. The van der Waals surface area contributed by atoms with E-state index in [9.17, 15) is 4.39 Å². The van der Waals surface area contributed by atoms with Crippen LogP contribution in [-0.2, 0) is 12.8 Å². The van der Waals surface area contributed by atoms with Crippen LogP contribution in [0.4, 0.5) is 4.39 Å². The molecule has 1 aliphatic carbocycles.